The zero-order chi connectivity index (χ0) is 11.3. The Morgan fingerprint density at radius 3 is 1.86 bits per heavy atom. The third-order valence-electron chi connectivity index (χ3n) is 1.58. The van der Waals surface area contributed by atoms with Crippen molar-refractivity contribution in [2.45, 2.75) is 18.9 Å². The predicted octanol–water partition coefficient (Wildman–Crippen LogP) is -5.01. The first kappa shape index (κ1) is 12.4. The third-order valence-corrected chi connectivity index (χ3v) is 1.58. The van der Waals surface area contributed by atoms with Crippen LogP contribution in [0.5, 0.6) is 0 Å². The van der Waals surface area contributed by atoms with Gasteiger partial charge in [0.25, 0.3) is 0 Å². The molecule has 14 heavy (non-hydrogen) atoms. The lowest BCUT2D eigenvalue weighted by Gasteiger charge is -2.24. The fourth-order valence-electron chi connectivity index (χ4n) is 0.842. The summed E-state index contributed by atoms with van der Waals surface area (Å²) in [7, 11) is 0. The Balaban J connectivity index is 4.37. The summed E-state index contributed by atoms with van der Waals surface area (Å²) >= 11 is 0. The van der Waals surface area contributed by atoms with Gasteiger partial charge >= 0.3 is 0 Å². The summed E-state index contributed by atoms with van der Waals surface area (Å²) < 4.78 is 0. The summed E-state index contributed by atoms with van der Waals surface area (Å²) in [5.41, 5.74) is 0. The maximum atomic E-state index is 10.3. The fourth-order valence-corrected chi connectivity index (χ4v) is 0.842. The molecule has 7 nitrogen and oxygen atoms in total. The average Bonchev–Trinajstić information content (AvgIpc) is 2.02. The Bertz CT molecular complexity index is 246. The normalized spacial score (nSPS) is 14.4. The number of carbonyl (C=O) groups is 3. The van der Waals surface area contributed by atoms with Crippen molar-refractivity contribution in [3.8, 4) is 0 Å². The van der Waals surface area contributed by atoms with E-state index in [-0.39, 0.29) is 0 Å². The second-order valence-electron chi connectivity index (χ2n) is 2.60. The molecule has 1 N–H and O–H groups in total. The Hall–Kier alpha value is -1.63. The molecule has 0 aliphatic carbocycles. The fraction of sp³-hybridized carbons (Fsp3) is 0.571. The second-order valence-corrected chi connectivity index (χ2v) is 2.60. The van der Waals surface area contributed by atoms with Crippen molar-refractivity contribution in [1.29, 1.82) is 0 Å². The van der Waals surface area contributed by atoms with Gasteiger partial charge in [0.1, 0.15) is 6.10 Å². The van der Waals surface area contributed by atoms with Crippen LogP contribution in [0.3, 0.4) is 0 Å². The topological polar surface area (TPSA) is 141 Å². The highest BCUT2D eigenvalue weighted by Gasteiger charge is 2.21. The molecular formula is C7H7O7-3. The minimum Gasteiger partial charge on any atom is -0.550 e. The van der Waals surface area contributed by atoms with Crippen molar-refractivity contribution < 1.29 is 34.8 Å². The summed E-state index contributed by atoms with van der Waals surface area (Å²) in [5.74, 6) is -7.18. The second kappa shape index (κ2) is 5.18. The zero-order valence-electron chi connectivity index (χ0n) is 6.97. The van der Waals surface area contributed by atoms with Crippen LogP contribution in [0.1, 0.15) is 12.8 Å². The minimum atomic E-state index is -2.28. The van der Waals surface area contributed by atoms with E-state index in [1.54, 1.807) is 0 Å². The van der Waals surface area contributed by atoms with E-state index in [9.17, 15) is 29.7 Å². The molecule has 0 aliphatic heterocycles. The van der Waals surface area contributed by atoms with Crippen LogP contribution in [0, 0.1) is 5.92 Å². The first-order valence-electron chi connectivity index (χ1n) is 3.66. The highest BCUT2D eigenvalue weighted by atomic mass is 16.4. The van der Waals surface area contributed by atoms with E-state index in [2.05, 4.69) is 0 Å². The van der Waals surface area contributed by atoms with E-state index < -0.39 is 42.8 Å². The average molecular weight is 203 g/mol. The molecule has 2 atom stereocenters. The maximum absolute atomic E-state index is 10.3. The number of carboxylic acid groups (broad SMARTS) is 3. The summed E-state index contributed by atoms with van der Waals surface area (Å²) in [4.78, 5) is 30.3. The van der Waals surface area contributed by atoms with Crippen molar-refractivity contribution in [2.24, 2.45) is 5.92 Å². The first-order valence-corrected chi connectivity index (χ1v) is 3.66. The molecule has 0 bridgehead atoms. The molecule has 0 heterocycles. The number of aliphatic carboxylic acids is 3. The molecule has 0 radical (unpaired) electrons. The molecule has 0 aromatic heterocycles. The van der Waals surface area contributed by atoms with Gasteiger partial charge in [0, 0.05) is 17.9 Å². The van der Waals surface area contributed by atoms with Gasteiger partial charge < -0.3 is 34.8 Å². The van der Waals surface area contributed by atoms with Gasteiger partial charge in [-0.05, 0) is 12.8 Å². The Morgan fingerprint density at radius 2 is 1.57 bits per heavy atom. The molecule has 0 fully saturated rings. The van der Waals surface area contributed by atoms with Crippen molar-refractivity contribution in [2.75, 3.05) is 0 Å². The SMILES string of the molecule is O=C([O-])CC[C@H](C(=O)[O-])[C@@H](O)C(=O)[O-]. The van der Waals surface area contributed by atoms with E-state index in [0.717, 1.165) is 0 Å². The van der Waals surface area contributed by atoms with Crippen LogP contribution < -0.4 is 15.3 Å². The first-order chi connectivity index (χ1) is 6.36. The third kappa shape index (κ3) is 3.85. The summed E-state index contributed by atoms with van der Waals surface area (Å²) in [5, 5.41) is 39.1. The number of carboxylic acids is 3. The lowest BCUT2D eigenvalue weighted by molar-refractivity contribution is -0.331. The van der Waals surface area contributed by atoms with Crippen molar-refractivity contribution in [3.05, 3.63) is 0 Å². The van der Waals surface area contributed by atoms with E-state index in [4.69, 9.17) is 5.11 Å². The lowest BCUT2D eigenvalue weighted by Crippen LogP contribution is -2.48. The largest absolute Gasteiger partial charge is 0.550 e. The van der Waals surface area contributed by atoms with Gasteiger partial charge in [-0.2, -0.15) is 0 Å². The minimum absolute atomic E-state index is 0.584. The van der Waals surface area contributed by atoms with Gasteiger partial charge in [-0.25, -0.2) is 0 Å². The zero-order valence-corrected chi connectivity index (χ0v) is 6.97. The summed E-state index contributed by atoms with van der Waals surface area (Å²) in [6.07, 6.45) is -3.54. The molecule has 0 rings (SSSR count). The maximum Gasteiger partial charge on any atom is 0.101 e. The van der Waals surface area contributed by atoms with E-state index in [1.807, 2.05) is 0 Å². The monoisotopic (exact) mass is 203 g/mol. The molecule has 0 aromatic carbocycles. The summed E-state index contributed by atoms with van der Waals surface area (Å²) in [6, 6.07) is 0. The molecule has 0 amide bonds. The standard InChI is InChI=1S/C7H10O7/c8-4(9)2-1-3(6(11)12)5(10)7(13)14/h3,5,10H,1-2H2,(H,8,9)(H,11,12)(H,13,14)/p-3/t3-,5+/m0/s1. The molecule has 0 spiro atoms. The van der Waals surface area contributed by atoms with Crippen LogP contribution in [0.25, 0.3) is 0 Å². The van der Waals surface area contributed by atoms with Gasteiger partial charge in [0.15, 0.2) is 0 Å². The van der Waals surface area contributed by atoms with Crippen molar-refractivity contribution >= 4 is 17.9 Å². The molecule has 0 saturated carbocycles. The molecule has 0 aliphatic rings. The van der Waals surface area contributed by atoms with Crippen LogP contribution in [0.15, 0.2) is 0 Å². The van der Waals surface area contributed by atoms with Gasteiger partial charge in [0.2, 0.25) is 0 Å². The molecular weight excluding hydrogens is 196 g/mol. The van der Waals surface area contributed by atoms with Crippen LogP contribution in [-0.4, -0.2) is 29.1 Å². The van der Waals surface area contributed by atoms with Crippen molar-refractivity contribution in [1.82, 2.24) is 0 Å². The van der Waals surface area contributed by atoms with E-state index in [1.165, 1.54) is 0 Å². The Kier molecular flexibility index (Phi) is 4.57. The van der Waals surface area contributed by atoms with Gasteiger partial charge in [-0.1, -0.05) is 0 Å². The Morgan fingerprint density at radius 1 is 1.07 bits per heavy atom. The number of hydrogen-bond acceptors (Lipinski definition) is 7. The van der Waals surface area contributed by atoms with Crippen LogP contribution in [-0.2, 0) is 14.4 Å². The molecule has 0 unspecified atom stereocenters. The van der Waals surface area contributed by atoms with Gasteiger partial charge in [0.05, 0.1) is 5.97 Å². The lowest BCUT2D eigenvalue weighted by atomic mass is 9.97. The smallest absolute Gasteiger partial charge is 0.101 e. The number of hydrogen-bond donors (Lipinski definition) is 1. The van der Waals surface area contributed by atoms with E-state index in [0.29, 0.717) is 0 Å². The highest BCUT2D eigenvalue weighted by Crippen LogP contribution is 2.10. The summed E-state index contributed by atoms with van der Waals surface area (Å²) in [6.45, 7) is 0. The van der Waals surface area contributed by atoms with E-state index >= 15 is 0 Å². The molecule has 80 valence electrons. The highest BCUT2D eigenvalue weighted by molar-refractivity contribution is 5.79. The number of rotatable bonds is 6. The molecule has 0 saturated heterocycles. The quantitative estimate of drug-likeness (QED) is 0.455. The van der Waals surface area contributed by atoms with Gasteiger partial charge in [-0.15, -0.1) is 0 Å². The number of aliphatic hydroxyl groups excluding tert-OH is 1. The van der Waals surface area contributed by atoms with Crippen LogP contribution >= 0.6 is 0 Å². The van der Waals surface area contributed by atoms with Crippen LogP contribution in [0.2, 0.25) is 0 Å². The molecule has 0 aromatic rings. The van der Waals surface area contributed by atoms with Gasteiger partial charge in [-0.3, -0.25) is 0 Å². The molecule has 7 heteroatoms. The van der Waals surface area contributed by atoms with Crippen molar-refractivity contribution in [3.63, 3.8) is 0 Å². The number of aliphatic hydroxyl groups is 1. The predicted molar refractivity (Wildman–Crippen MR) is 33.8 cm³/mol. The Labute approximate surface area is 78.6 Å². The number of carbonyl (C=O) groups excluding carboxylic acids is 3. The van der Waals surface area contributed by atoms with Crippen LogP contribution in [0.4, 0.5) is 0 Å².